The summed E-state index contributed by atoms with van der Waals surface area (Å²) < 4.78 is 19.3. The van der Waals surface area contributed by atoms with Gasteiger partial charge in [-0.05, 0) is 23.3 Å². The topological polar surface area (TPSA) is 61.0 Å². The van der Waals surface area contributed by atoms with Crippen molar-refractivity contribution in [1.29, 1.82) is 0 Å². The zero-order valence-electron chi connectivity index (χ0n) is 16.4. The second kappa shape index (κ2) is 6.55. The van der Waals surface area contributed by atoms with Gasteiger partial charge in [-0.1, -0.05) is 70.0 Å². The highest BCUT2D eigenvalue weighted by molar-refractivity contribution is 9.10. The minimum absolute atomic E-state index is 0.319. The molecule has 1 aromatic heterocycles. The van der Waals surface area contributed by atoms with Crippen LogP contribution in [0.2, 0.25) is 5.02 Å². The Morgan fingerprint density at radius 2 is 1.87 bits per heavy atom. The van der Waals surface area contributed by atoms with Gasteiger partial charge in [-0.25, -0.2) is 0 Å². The Morgan fingerprint density at radius 3 is 2.58 bits per heavy atom. The van der Waals surface area contributed by atoms with Crippen LogP contribution in [0.3, 0.4) is 0 Å². The number of pyridine rings is 1. The number of benzene rings is 2. The normalized spacial score (nSPS) is 31.9. The van der Waals surface area contributed by atoms with Gasteiger partial charge in [0.15, 0.2) is 11.2 Å². The standard InChI is InChI=1S/C24H17BrClNO4/c1-29-22(28)18-19(13-5-3-2-4-6-13)23(14-7-9-15(25)10-8-14)24(21(18)31-24)20-17(30-23)11-16(26)12-27-20/h2-12,18-19,21H,1H3/t18-,19-,21?,23+,24+/m1/s1. The van der Waals surface area contributed by atoms with E-state index in [1.54, 1.807) is 12.3 Å². The molecule has 0 amide bonds. The first-order valence-electron chi connectivity index (χ1n) is 9.94. The lowest BCUT2D eigenvalue weighted by atomic mass is 9.72. The van der Waals surface area contributed by atoms with Crippen LogP contribution in [0.4, 0.5) is 0 Å². The summed E-state index contributed by atoms with van der Waals surface area (Å²) in [6.45, 7) is 0. The molecule has 1 spiro atoms. The molecule has 1 saturated heterocycles. The summed E-state index contributed by atoms with van der Waals surface area (Å²) in [4.78, 5) is 17.7. The summed E-state index contributed by atoms with van der Waals surface area (Å²) in [6.07, 6.45) is 1.18. The number of ether oxygens (including phenoxy) is 3. The summed E-state index contributed by atoms with van der Waals surface area (Å²) in [7, 11) is 1.41. The number of carbonyl (C=O) groups excluding carboxylic acids is 1. The van der Waals surface area contributed by atoms with Crippen molar-refractivity contribution in [3.63, 3.8) is 0 Å². The predicted molar refractivity (Wildman–Crippen MR) is 117 cm³/mol. The van der Waals surface area contributed by atoms with Crippen molar-refractivity contribution in [3.8, 4) is 5.75 Å². The van der Waals surface area contributed by atoms with Crippen molar-refractivity contribution in [2.75, 3.05) is 7.11 Å². The van der Waals surface area contributed by atoms with Crippen LogP contribution < -0.4 is 4.74 Å². The summed E-state index contributed by atoms with van der Waals surface area (Å²) in [5, 5.41) is 0.485. The fourth-order valence-corrected chi connectivity index (χ4v) is 5.97. The van der Waals surface area contributed by atoms with Crippen LogP contribution in [0.1, 0.15) is 22.7 Å². The Labute approximate surface area is 192 Å². The van der Waals surface area contributed by atoms with E-state index in [-0.39, 0.29) is 11.9 Å². The van der Waals surface area contributed by atoms with Crippen LogP contribution in [0.15, 0.2) is 71.3 Å². The lowest BCUT2D eigenvalue weighted by Gasteiger charge is -2.39. The zero-order valence-corrected chi connectivity index (χ0v) is 18.8. The van der Waals surface area contributed by atoms with Crippen LogP contribution >= 0.6 is 27.5 Å². The van der Waals surface area contributed by atoms with Crippen molar-refractivity contribution in [1.82, 2.24) is 4.98 Å². The molecule has 1 aliphatic carbocycles. The maximum atomic E-state index is 13.0. The number of epoxide rings is 1. The number of halogens is 2. The highest BCUT2D eigenvalue weighted by atomic mass is 79.9. The Balaban J connectivity index is 1.66. The molecule has 2 aromatic carbocycles. The maximum Gasteiger partial charge on any atom is 0.312 e. The number of hydrogen-bond donors (Lipinski definition) is 0. The summed E-state index contributed by atoms with van der Waals surface area (Å²) in [5.74, 6) is -0.612. The van der Waals surface area contributed by atoms with E-state index in [9.17, 15) is 4.79 Å². The smallest absolute Gasteiger partial charge is 0.312 e. The van der Waals surface area contributed by atoms with Crippen LogP contribution in [0, 0.1) is 5.92 Å². The minimum Gasteiger partial charge on any atom is -0.476 e. The quantitative estimate of drug-likeness (QED) is 0.377. The van der Waals surface area contributed by atoms with E-state index in [0.29, 0.717) is 16.5 Å². The molecule has 0 radical (unpaired) electrons. The highest BCUT2D eigenvalue weighted by Crippen LogP contribution is 2.78. The second-order valence-corrected chi connectivity index (χ2v) is 9.41. The molecule has 3 aromatic rings. The predicted octanol–water partition coefficient (Wildman–Crippen LogP) is 4.97. The fourth-order valence-electron chi connectivity index (χ4n) is 5.56. The molecule has 0 bridgehead atoms. The molecule has 6 rings (SSSR count). The van der Waals surface area contributed by atoms with Gasteiger partial charge >= 0.3 is 5.97 Å². The second-order valence-electron chi connectivity index (χ2n) is 8.06. The Morgan fingerprint density at radius 1 is 1.13 bits per heavy atom. The van der Waals surface area contributed by atoms with Crippen LogP contribution in [0.5, 0.6) is 5.75 Å². The van der Waals surface area contributed by atoms with Gasteiger partial charge in [-0.2, -0.15) is 0 Å². The number of hydrogen-bond acceptors (Lipinski definition) is 5. The van der Waals surface area contributed by atoms with E-state index in [1.807, 2.05) is 54.6 Å². The molecule has 2 aliphatic heterocycles. The monoisotopic (exact) mass is 497 g/mol. The van der Waals surface area contributed by atoms with Gasteiger partial charge in [-0.15, -0.1) is 0 Å². The average molecular weight is 499 g/mol. The first kappa shape index (κ1) is 19.3. The molecular formula is C24H17BrClNO4. The van der Waals surface area contributed by atoms with Crippen LogP contribution in [-0.2, 0) is 25.5 Å². The molecule has 2 fully saturated rings. The molecule has 1 saturated carbocycles. The molecule has 1 unspecified atom stereocenters. The van der Waals surface area contributed by atoms with Crippen molar-refractivity contribution in [2.45, 2.75) is 23.2 Å². The SMILES string of the molecule is COC(=O)[C@H]1C2O[C@@]23c2ncc(Cl)cc2O[C@@]3(c2ccc(Br)cc2)[C@@H]1c1ccccc1. The third-order valence-corrected chi connectivity index (χ3v) is 7.41. The van der Waals surface area contributed by atoms with Crippen molar-refractivity contribution in [3.05, 3.63) is 93.2 Å². The summed E-state index contributed by atoms with van der Waals surface area (Å²) >= 11 is 9.76. The van der Waals surface area contributed by atoms with Crippen LogP contribution in [0.25, 0.3) is 0 Å². The number of methoxy groups -OCH3 is 1. The zero-order chi connectivity index (χ0) is 21.4. The van der Waals surface area contributed by atoms with Crippen LogP contribution in [-0.4, -0.2) is 24.2 Å². The molecule has 31 heavy (non-hydrogen) atoms. The molecule has 3 aliphatic rings. The van der Waals surface area contributed by atoms with E-state index in [2.05, 4.69) is 20.9 Å². The van der Waals surface area contributed by atoms with Gasteiger partial charge < -0.3 is 14.2 Å². The van der Waals surface area contributed by atoms with E-state index >= 15 is 0 Å². The fraction of sp³-hybridized carbons (Fsp3) is 0.250. The van der Waals surface area contributed by atoms with E-state index in [0.717, 1.165) is 15.6 Å². The number of esters is 1. The summed E-state index contributed by atoms with van der Waals surface area (Å²) in [5.41, 5.74) is 0.693. The van der Waals surface area contributed by atoms with Gasteiger partial charge in [0.2, 0.25) is 0 Å². The lowest BCUT2D eigenvalue weighted by molar-refractivity contribution is -0.149. The first-order valence-corrected chi connectivity index (χ1v) is 11.1. The number of aromatic nitrogens is 1. The first-order chi connectivity index (χ1) is 15.0. The van der Waals surface area contributed by atoms with Crippen molar-refractivity contribution >= 4 is 33.5 Å². The molecule has 3 heterocycles. The van der Waals surface area contributed by atoms with E-state index in [1.165, 1.54) is 7.11 Å². The third-order valence-electron chi connectivity index (χ3n) is 6.68. The largest absolute Gasteiger partial charge is 0.476 e. The van der Waals surface area contributed by atoms with E-state index in [4.69, 9.17) is 25.8 Å². The number of fused-ring (bicyclic) bond motifs is 1. The minimum atomic E-state index is -0.988. The van der Waals surface area contributed by atoms with Crippen molar-refractivity contribution < 1.29 is 19.0 Å². The van der Waals surface area contributed by atoms with Gasteiger partial charge in [0.1, 0.15) is 17.5 Å². The molecule has 5 atom stereocenters. The van der Waals surface area contributed by atoms with Gasteiger partial charge in [0.05, 0.1) is 18.1 Å². The summed E-state index contributed by atoms with van der Waals surface area (Å²) in [6, 6.07) is 19.6. The van der Waals surface area contributed by atoms with Crippen molar-refractivity contribution in [2.24, 2.45) is 5.92 Å². The van der Waals surface area contributed by atoms with Gasteiger partial charge in [-0.3, -0.25) is 9.78 Å². The Kier molecular flexibility index (Phi) is 4.07. The molecular weight excluding hydrogens is 482 g/mol. The third kappa shape index (κ3) is 2.35. The Hall–Kier alpha value is -2.41. The number of nitrogens with zero attached hydrogens (tertiary/aromatic N) is 1. The maximum absolute atomic E-state index is 13.0. The van der Waals surface area contributed by atoms with Gasteiger partial charge in [0.25, 0.3) is 0 Å². The molecule has 7 heteroatoms. The Bertz CT molecular complexity index is 1200. The van der Waals surface area contributed by atoms with Gasteiger partial charge in [0, 0.05) is 22.7 Å². The van der Waals surface area contributed by atoms with E-state index < -0.39 is 23.2 Å². The number of carbonyl (C=O) groups is 1. The highest BCUT2D eigenvalue weighted by Gasteiger charge is 2.88. The molecule has 156 valence electrons. The lowest BCUT2D eigenvalue weighted by Crippen LogP contribution is -2.45. The molecule has 5 nitrogen and oxygen atoms in total. The number of rotatable bonds is 3. The molecule has 0 N–H and O–H groups in total. The average Bonchev–Trinajstić information content (AvgIpc) is 3.38.